The summed E-state index contributed by atoms with van der Waals surface area (Å²) < 4.78 is 6.32. The molecular weight excluding hydrogens is 515 g/mol. The van der Waals surface area contributed by atoms with E-state index in [4.69, 9.17) is 4.74 Å². The van der Waals surface area contributed by atoms with E-state index < -0.39 is 0 Å². The zero-order valence-electron chi connectivity index (χ0n) is 18.1. The molecule has 2 amide bonds. The molecule has 0 saturated heterocycles. The van der Waals surface area contributed by atoms with Crippen LogP contribution in [-0.4, -0.2) is 35.1 Å². The van der Waals surface area contributed by atoms with Crippen LogP contribution >= 0.6 is 22.6 Å². The highest BCUT2D eigenvalue weighted by Crippen LogP contribution is 2.45. The predicted octanol–water partition coefficient (Wildman–Crippen LogP) is 5.81. The third-order valence-electron chi connectivity index (χ3n) is 5.86. The third kappa shape index (κ3) is 4.50. The van der Waals surface area contributed by atoms with E-state index >= 15 is 0 Å². The average molecular weight is 540 g/mol. The molecule has 3 aromatic carbocycles. The van der Waals surface area contributed by atoms with Crippen LogP contribution < -0.4 is 4.90 Å². The van der Waals surface area contributed by atoms with Crippen molar-refractivity contribution in [3.8, 4) is 11.1 Å². The molecule has 1 atom stereocenters. The van der Waals surface area contributed by atoms with E-state index in [-0.39, 0.29) is 24.5 Å². The second-order valence-corrected chi connectivity index (χ2v) is 8.58. The van der Waals surface area contributed by atoms with Crippen molar-refractivity contribution in [3.63, 3.8) is 0 Å². The molecule has 0 saturated carbocycles. The van der Waals surface area contributed by atoms with E-state index in [9.17, 15) is 9.59 Å². The van der Waals surface area contributed by atoms with Crippen molar-refractivity contribution in [1.29, 1.82) is 0 Å². The van der Waals surface area contributed by atoms with E-state index in [1.54, 1.807) is 23.8 Å². The second kappa shape index (κ2) is 9.73. The van der Waals surface area contributed by atoms with Gasteiger partial charge in [0.25, 0.3) is 0 Å². The fraction of sp³-hybridized carbons (Fsp3) is 0.231. The van der Waals surface area contributed by atoms with Gasteiger partial charge in [0.15, 0.2) is 0 Å². The number of carbonyl (C=O) groups is 2. The van der Waals surface area contributed by atoms with Crippen molar-refractivity contribution in [3.05, 3.63) is 89.5 Å². The lowest BCUT2D eigenvalue weighted by Gasteiger charge is -2.22. The maximum absolute atomic E-state index is 12.9. The largest absolute Gasteiger partial charge is 0.448 e. The summed E-state index contributed by atoms with van der Waals surface area (Å²) in [5.41, 5.74) is 6.49. The van der Waals surface area contributed by atoms with E-state index in [0.717, 1.165) is 27.9 Å². The molecule has 0 bridgehead atoms. The Morgan fingerprint density at radius 1 is 0.938 bits per heavy atom. The third-order valence-corrected chi connectivity index (χ3v) is 6.54. The van der Waals surface area contributed by atoms with Crippen molar-refractivity contribution in [2.75, 3.05) is 23.1 Å². The highest BCUT2D eigenvalue weighted by atomic mass is 127. The minimum atomic E-state index is -0.357. The van der Waals surface area contributed by atoms with Gasteiger partial charge in [-0.3, -0.25) is 9.69 Å². The summed E-state index contributed by atoms with van der Waals surface area (Å²) in [6.07, 6.45) is -0.357. The average Bonchev–Trinajstić information content (AvgIpc) is 3.11. The van der Waals surface area contributed by atoms with Crippen molar-refractivity contribution in [2.45, 2.75) is 19.4 Å². The van der Waals surface area contributed by atoms with E-state index in [0.29, 0.717) is 11.1 Å². The normalized spacial score (nSPS) is 13.8. The molecule has 5 nitrogen and oxygen atoms in total. The number of fused-ring (bicyclic) bond motifs is 3. The molecule has 0 aromatic heterocycles. The molecule has 0 spiro atoms. The number of halogens is 1. The van der Waals surface area contributed by atoms with Gasteiger partial charge in [0.1, 0.15) is 6.61 Å². The summed E-state index contributed by atoms with van der Waals surface area (Å²) in [6.45, 7) is 2.37. The second-order valence-electron chi connectivity index (χ2n) is 7.90. The van der Waals surface area contributed by atoms with Crippen molar-refractivity contribution < 1.29 is 14.3 Å². The highest BCUT2D eigenvalue weighted by Gasteiger charge is 2.30. The van der Waals surface area contributed by atoms with Crippen LogP contribution in [0.25, 0.3) is 11.1 Å². The fourth-order valence-corrected chi connectivity index (χ4v) is 4.76. The number of amides is 2. The molecule has 0 fully saturated rings. The van der Waals surface area contributed by atoms with Crippen LogP contribution in [-0.2, 0) is 16.1 Å². The summed E-state index contributed by atoms with van der Waals surface area (Å²) in [5, 5.41) is 0. The van der Waals surface area contributed by atoms with Crippen molar-refractivity contribution in [2.24, 2.45) is 0 Å². The SMILES string of the molecule is CC(=O)N(C)Cc1ccc2c(c1)C(COC(=O)N(CI)c1ccccc1)c1ccccc1-2. The summed E-state index contributed by atoms with van der Waals surface area (Å²) in [5.74, 6) is -0.0152. The minimum Gasteiger partial charge on any atom is -0.448 e. The van der Waals surface area contributed by atoms with E-state index in [1.165, 1.54) is 5.56 Å². The lowest BCUT2D eigenvalue weighted by Crippen LogP contribution is -2.31. The number of rotatable bonds is 6. The van der Waals surface area contributed by atoms with Gasteiger partial charge in [0, 0.05) is 32.1 Å². The zero-order valence-corrected chi connectivity index (χ0v) is 20.3. The number of para-hydroxylation sites is 1. The summed E-state index contributed by atoms with van der Waals surface area (Å²) in [7, 11) is 1.80. The summed E-state index contributed by atoms with van der Waals surface area (Å²) >= 11 is 2.17. The Bertz CT molecular complexity index is 1130. The fourth-order valence-electron chi connectivity index (χ4n) is 4.09. The van der Waals surface area contributed by atoms with Gasteiger partial charge in [0.05, 0.1) is 4.55 Å². The molecular formula is C26H25IN2O3. The number of alkyl halides is 1. The first-order valence-corrected chi connectivity index (χ1v) is 12.0. The number of carbonyl (C=O) groups excluding carboxylic acids is 2. The molecule has 32 heavy (non-hydrogen) atoms. The maximum atomic E-state index is 12.9. The van der Waals surface area contributed by atoms with Crippen LogP contribution in [0.4, 0.5) is 10.5 Å². The first-order valence-electron chi connectivity index (χ1n) is 10.5. The minimum absolute atomic E-state index is 0.0269. The number of anilines is 1. The first-order chi connectivity index (χ1) is 15.5. The van der Waals surface area contributed by atoms with Crippen LogP contribution in [0.5, 0.6) is 0 Å². The molecule has 0 heterocycles. The Kier molecular flexibility index (Phi) is 6.79. The topological polar surface area (TPSA) is 49.9 Å². The predicted molar refractivity (Wildman–Crippen MR) is 135 cm³/mol. The van der Waals surface area contributed by atoms with Gasteiger partial charge in [-0.2, -0.15) is 0 Å². The van der Waals surface area contributed by atoms with Crippen LogP contribution in [0, 0.1) is 0 Å². The Hall–Kier alpha value is -2.87. The molecule has 1 aliphatic carbocycles. The number of hydrogen-bond donors (Lipinski definition) is 0. The van der Waals surface area contributed by atoms with Crippen LogP contribution in [0.2, 0.25) is 0 Å². The van der Waals surface area contributed by atoms with Crippen LogP contribution in [0.15, 0.2) is 72.8 Å². The lowest BCUT2D eigenvalue weighted by molar-refractivity contribution is -0.128. The smallest absolute Gasteiger partial charge is 0.415 e. The molecule has 1 aliphatic rings. The molecule has 0 aliphatic heterocycles. The highest BCUT2D eigenvalue weighted by molar-refractivity contribution is 14.1. The van der Waals surface area contributed by atoms with Crippen LogP contribution in [0.1, 0.15) is 29.5 Å². The van der Waals surface area contributed by atoms with E-state index in [1.807, 2.05) is 42.5 Å². The summed E-state index contributed by atoms with van der Waals surface area (Å²) in [4.78, 5) is 27.9. The molecule has 164 valence electrons. The van der Waals surface area contributed by atoms with Gasteiger partial charge >= 0.3 is 6.09 Å². The molecule has 3 aromatic rings. The molecule has 4 rings (SSSR count). The molecule has 6 heteroatoms. The zero-order chi connectivity index (χ0) is 22.7. The monoisotopic (exact) mass is 540 g/mol. The Balaban J connectivity index is 1.58. The number of benzene rings is 3. The van der Waals surface area contributed by atoms with E-state index in [2.05, 4.69) is 52.9 Å². The lowest BCUT2D eigenvalue weighted by atomic mass is 9.96. The van der Waals surface area contributed by atoms with Gasteiger partial charge in [-0.15, -0.1) is 0 Å². The number of hydrogen-bond acceptors (Lipinski definition) is 3. The van der Waals surface area contributed by atoms with Gasteiger partial charge < -0.3 is 9.64 Å². The Morgan fingerprint density at radius 2 is 1.62 bits per heavy atom. The first kappa shape index (κ1) is 22.3. The van der Waals surface area contributed by atoms with Gasteiger partial charge in [0.2, 0.25) is 5.91 Å². The molecule has 0 N–H and O–H groups in total. The van der Waals surface area contributed by atoms with Crippen LogP contribution in [0.3, 0.4) is 0 Å². The number of ether oxygens (including phenoxy) is 1. The molecule has 1 unspecified atom stereocenters. The summed E-state index contributed by atoms with van der Waals surface area (Å²) in [6, 6.07) is 24.1. The quantitative estimate of drug-likeness (QED) is 0.225. The maximum Gasteiger partial charge on any atom is 0.415 e. The molecule has 0 radical (unpaired) electrons. The number of nitrogens with zero attached hydrogens (tertiary/aromatic N) is 2. The van der Waals surface area contributed by atoms with Gasteiger partial charge in [-0.05, 0) is 39.9 Å². The van der Waals surface area contributed by atoms with Gasteiger partial charge in [-0.1, -0.05) is 83.3 Å². The van der Waals surface area contributed by atoms with Crippen molar-refractivity contribution >= 4 is 40.3 Å². The Labute approximate surface area is 202 Å². The van der Waals surface area contributed by atoms with Crippen molar-refractivity contribution in [1.82, 2.24) is 4.90 Å². The van der Waals surface area contributed by atoms with Gasteiger partial charge in [-0.25, -0.2) is 4.79 Å². The Morgan fingerprint density at radius 3 is 2.34 bits per heavy atom. The standard InChI is InChI=1S/C26H25IN2O3/c1-18(30)28(2)15-19-12-13-23-21-10-6-7-11-22(21)25(24(23)14-19)16-32-26(31)29(17-27)20-8-4-3-5-9-20/h3-14,25H,15-17H2,1-2H3.